The molecule has 0 fully saturated rings. The van der Waals surface area contributed by atoms with Crippen molar-refractivity contribution in [1.82, 2.24) is 10.6 Å². The van der Waals surface area contributed by atoms with E-state index in [2.05, 4.69) is 54.8 Å². The van der Waals surface area contributed by atoms with Gasteiger partial charge in [0.25, 0.3) is 0 Å². The molecule has 0 aliphatic rings. The van der Waals surface area contributed by atoms with E-state index in [0.29, 0.717) is 18.4 Å². The molecule has 2 N–H and O–H groups in total. The summed E-state index contributed by atoms with van der Waals surface area (Å²) in [5, 5.41) is 6.37. The van der Waals surface area contributed by atoms with Crippen LogP contribution in [-0.2, 0) is 4.79 Å². The monoisotopic (exact) mass is 276 g/mol. The normalized spacial score (nSPS) is 12.7. The van der Waals surface area contributed by atoms with E-state index in [0.717, 1.165) is 13.1 Å². The van der Waals surface area contributed by atoms with Crippen LogP contribution >= 0.6 is 0 Å². The van der Waals surface area contributed by atoms with Crippen molar-refractivity contribution in [2.45, 2.75) is 33.6 Å². The van der Waals surface area contributed by atoms with Crippen molar-refractivity contribution in [2.24, 2.45) is 11.8 Å². The molecule has 0 radical (unpaired) electrons. The number of hydrogen-bond acceptors (Lipinski definition) is 2. The third-order valence-electron chi connectivity index (χ3n) is 3.52. The Morgan fingerprint density at radius 2 is 1.70 bits per heavy atom. The Morgan fingerprint density at radius 1 is 1.05 bits per heavy atom. The number of carbonyl (C=O) groups is 1. The summed E-state index contributed by atoms with van der Waals surface area (Å²) < 4.78 is 0. The van der Waals surface area contributed by atoms with Gasteiger partial charge in [-0.1, -0.05) is 58.0 Å². The van der Waals surface area contributed by atoms with Crippen molar-refractivity contribution >= 4 is 5.91 Å². The first-order chi connectivity index (χ1) is 9.52. The molecule has 3 nitrogen and oxygen atoms in total. The van der Waals surface area contributed by atoms with Gasteiger partial charge in [0.2, 0.25) is 5.91 Å². The van der Waals surface area contributed by atoms with Gasteiger partial charge in [-0.15, -0.1) is 0 Å². The summed E-state index contributed by atoms with van der Waals surface area (Å²) in [4.78, 5) is 11.4. The van der Waals surface area contributed by atoms with Crippen LogP contribution in [0.3, 0.4) is 0 Å². The molecule has 0 aromatic heterocycles. The Morgan fingerprint density at radius 3 is 2.25 bits per heavy atom. The van der Waals surface area contributed by atoms with Crippen molar-refractivity contribution in [2.75, 3.05) is 19.6 Å². The van der Waals surface area contributed by atoms with E-state index >= 15 is 0 Å². The molecule has 1 amide bonds. The largest absolute Gasteiger partial charge is 0.355 e. The van der Waals surface area contributed by atoms with Gasteiger partial charge in [0.05, 0.1) is 0 Å². The van der Waals surface area contributed by atoms with Crippen LogP contribution in [0, 0.1) is 11.8 Å². The van der Waals surface area contributed by atoms with Crippen molar-refractivity contribution in [1.29, 1.82) is 0 Å². The van der Waals surface area contributed by atoms with Gasteiger partial charge in [-0.25, -0.2) is 0 Å². The van der Waals surface area contributed by atoms with Crippen LogP contribution < -0.4 is 10.6 Å². The van der Waals surface area contributed by atoms with Crippen LogP contribution in [0.2, 0.25) is 0 Å². The highest BCUT2D eigenvalue weighted by Gasteiger charge is 2.14. The maximum absolute atomic E-state index is 11.4. The molecule has 1 aromatic carbocycles. The molecule has 1 rings (SSSR count). The predicted octanol–water partition coefficient (Wildman–Crippen LogP) is 2.79. The standard InChI is InChI=1S/C17H28N2O/c1-13(2)16(15-8-6-5-7-9-15)12-18-10-11-19-17(20)14(3)4/h5-9,13-14,16,18H,10-12H2,1-4H3,(H,19,20). The molecular formula is C17H28N2O. The highest BCUT2D eigenvalue weighted by molar-refractivity contribution is 5.77. The van der Waals surface area contributed by atoms with Gasteiger partial charge in [-0.2, -0.15) is 0 Å². The highest BCUT2D eigenvalue weighted by Crippen LogP contribution is 2.23. The molecule has 1 unspecified atom stereocenters. The van der Waals surface area contributed by atoms with E-state index in [1.165, 1.54) is 5.56 Å². The molecular weight excluding hydrogens is 248 g/mol. The molecule has 0 saturated heterocycles. The molecule has 0 bridgehead atoms. The molecule has 112 valence electrons. The summed E-state index contributed by atoms with van der Waals surface area (Å²) in [6.07, 6.45) is 0. The first kappa shape index (κ1) is 16.7. The summed E-state index contributed by atoms with van der Waals surface area (Å²) >= 11 is 0. The zero-order chi connectivity index (χ0) is 15.0. The zero-order valence-corrected chi connectivity index (χ0v) is 13.1. The summed E-state index contributed by atoms with van der Waals surface area (Å²) in [5.74, 6) is 1.28. The van der Waals surface area contributed by atoms with E-state index < -0.39 is 0 Å². The van der Waals surface area contributed by atoms with E-state index in [-0.39, 0.29) is 11.8 Å². The number of nitrogens with one attached hydrogen (secondary N) is 2. The van der Waals surface area contributed by atoms with Crippen LogP contribution in [0.1, 0.15) is 39.2 Å². The second kappa shape index (κ2) is 8.75. The molecule has 0 heterocycles. The number of rotatable bonds is 8. The van der Waals surface area contributed by atoms with Gasteiger partial charge in [0, 0.05) is 25.6 Å². The van der Waals surface area contributed by atoms with Crippen molar-refractivity contribution in [3.63, 3.8) is 0 Å². The van der Waals surface area contributed by atoms with E-state index in [4.69, 9.17) is 0 Å². The Labute approximate surface area is 123 Å². The van der Waals surface area contributed by atoms with Gasteiger partial charge >= 0.3 is 0 Å². The minimum atomic E-state index is 0.0581. The first-order valence-corrected chi connectivity index (χ1v) is 7.55. The zero-order valence-electron chi connectivity index (χ0n) is 13.1. The van der Waals surface area contributed by atoms with Crippen LogP contribution in [0.5, 0.6) is 0 Å². The summed E-state index contributed by atoms with van der Waals surface area (Å²) in [7, 11) is 0. The molecule has 20 heavy (non-hydrogen) atoms. The minimum Gasteiger partial charge on any atom is -0.355 e. The van der Waals surface area contributed by atoms with Crippen LogP contribution in [0.4, 0.5) is 0 Å². The van der Waals surface area contributed by atoms with Crippen molar-refractivity contribution in [3.05, 3.63) is 35.9 Å². The predicted molar refractivity (Wildman–Crippen MR) is 84.7 cm³/mol. The molecule has 0 aliphatic carbocycles. The summed E-state index contributed by atoms with van der Waals surface area (Å²) in [6.45, 7) is 10.8. The van der Waals surface area contributed by atoms with Crippen LogP contribution in [-0.4, -0.2) is 25.5 Å². The fourth-order valence-corrected chi connectivity index (χ4v) is 2.17. The third-order valence-corrected chi connectivity index (χ3v) is 3.52. The van der Waals surface area contributed by atoms with Crippen LogP contribution in [0.15, 0.2) is 30.3 Å². The lowest BCUT2D eigenvalue weighted by Crippen LogP contribution is -2.36. The Kier molecular flexibility index (Phi) is 7.31. The van der Waals surface area contributed by atoms with E-state index in [1.54, 1.807) is 0 Å². The maximum atomic E-state index is 11.4. The lowest BCUT2D eigenvalue weighted by Gasteiger charge is -2.22. The fraction of sp³-hybridized carbons (Fsp3) is 0.588. The molecule has 0 saturated carbocycles. The minimum absolute atomic E-state index is 0.0581. The van der Waals surface area contributed by atoms with Crippen molar-refractivity contribution < 1.29 is 4.79 Å². The quantitative estimate of drug-likeness (QED) is 0.717. The maximum Gasteiger partial charge on any atom is 0.222 e. The molecule has 1 aromatic rings. The smallest absolute Gasteiger partial charge is 0.222 e. The summed E-state index contributed by atoms with van der Waals surface area (Å²) in [5.41, 5.74) is 1.38. The van der Waals surface area contributed by atoms with Gasteiger partial charge in [-0.3, -0.25) is 4.79 Å². The molecule has 3 heteroatoms. The van der Waals surface area contributed by atoms with E-state index in [9.17, 15) is 4.79 Å². The number of benzene rings is 1. The highest BCUT2D eigenvalue weighted by atomic mass is 16.1. The van der Waals surface area contributed by atoms with Gasteiger partial charge in [-0.05, 0) is 17.4 Å². The summed E-state index contributed by atoms with van der Waals surface area (Å²) in [6, 6.07) is 10.6. The Hall–Kier alpha value is -1.35. The third kappa shape index (κ3) is 5.74. The first-order valence-electron chi connectivity index (χ1n) is 7.55. The van der Waals surface area contributed by atoms with Crippen molar-refractivity contribution in [3.8, 4) is 0 Å². The average Bonchev–Trinajstić information content (AvgIpc) is 2.42. The molecule has 0 spiro atoms. The number of hydrogen-bond donors (Lipinski definition) is 2. The SMILES string of the molecule is CC(C)C(=O)NCCNCC(c1ccccc1)C(C)C. The second-order valence-electron chi connectivity index (χ2n) is 5.91. The van der Waals surface area contributed by atoms with Gasteiger partial charge < -0.3 is 10.6 Å². The van der Waals surface area contributed by atoms with E-state index in [1.807, 2.05) is 13.8 Å². The lowest BCUT2D eigenvalue weighted by atomic mass is 9.88. The van der Waals surface area contributed by atoms with Gasteiger partial charge in [0.1, 0.15) is 0 Å². The number of carbonyl (C=O) groups excluding carboxylic acids is 1. The van der Waals surface area contributed by atoms with Crippen LogP contribution in [0.25, 0.3) is 0 Å². The lowest BCUT2D eigenvalue weighted by molar-refractivity contribution is -0.123. The molecule has 0 aliphatic heterocycles. The Bertz CT molecular complexity index is 387. The average molecular weight is 276 g/mol. The number of amides is 1. The topological polar surface area (TPSA) is 41.1 Å². The second-order valence-corrected chi connectivity index (χ2v) is 5.91. The molecule has 1 atom stereocenters. The van der Waals surface area contributed by atoms with Gasteiger partial charge in [0.15, 0.2) is 0 Å². The fourth-order valence-electron chi connectivity index (χ4n) is 2.17. The Balaban J connectivity index is 2.33.